The predicted octanol–water partition coefficient (Wildman–Crippen LogP) is 2.62. The molecule has 0 amide bonds. The van der Waals surface area contributed by atoms with Crippen molar-refractivity contribution in [3.05, 3.63) is 35.9 Å². The van der Waals surface area contributed by atoms with E-state index in [9.17, 15) is 0 Å². The molecule has 0 aliphatic carbocycles. The van der Waals surface area contributed by atoms with E-state index < -0.39 is 0 Å². The van der Waals surface area contributed by atoms with Crippen LogP contribution in [-0.4, -0.2) is 43.8 Å². The summed E-state index contributed by atoms with van der Waals surface area (Å²) in [5, 5.41) is 3.76. The number of ether oxygens (including phenoxy) is 1. The van der Waals surface area contributed by atoms with Crippen LogP contribution in [0.15, 0.2) is 30.3 Å². The standard InChI is InChI=1S/C18H28N2O/c1-15-12-19-18(2,17-6-4-3-5-7-17)14-20(15)13-16-8-10-21-11-9-16/h3-7,15-16,19H,8-14H2,1-2H3. The third kappa shape index (κ3) is 3.47. The van der Waals surface area contributed by atoms with Gasteiger partial charge in [0.1, 0.15) is 0 Å². The number of hydrogen-bond acceptors (Lipinski definition) is 3. The van der Waals surface area contributed by atoms with Gasteiger partial charge in [0.2, 0.25) is 0 Å². The molecule has 3 rings (SSSR count). The summed E-state index contributed by atoms with van der Waals surface area (Å²) in [6.45, 7) is 9.95. The molecule has 1 N–H and O–H groups in total. The Balaban J connectivity index is 1.69. The molecule has 3 heteroatoms. The normalized spacial score (nSPS) is 32.2. The van der Waals surface area contributed by atoms with Gasteiger partial charge in [0, 0.05) is 38.9 Å². The van der Waals surface area contributed by atoms with Crippen molar-refractivity contribution in [3.8, 4) is 0 Å². The topological polar surface area (TPSA) is 24.5 Å². The molecule has 0 saturated carbocycles. The van der Waals surface area contributed by atoms with Crippen molar-refractivity contribution in [2.45, 2.75) is 38.3 Å². The monoisotopic (exact) mass is 288 g/mol. The van der Waals surface area contributed by atoms with Crippen LogP contribution in [0.5, 0.6) is 0 Å². The maximum Gasteiger partial charge on any atom is 0.0535 e. The molecule has 2 unspecified atom stereocenters. The lowest BCUT2D eigenvalue weighted by atomic mass is 9.87. The molecule has 2 atom stereocenters. The SMILES string of the molecule is CC1CNC(C)(c2ccccc2)CN1CC1CCOCC1. The van der Waals surface area contributed by atoms with E-state index in [1.807, 2.05) is 0 Å². The smallest absolute Gasteiger partial charge is 0.0535 e. The maximum atomic E-state index is 5.50. The van der Waals surface area contributed by atoms with Crippen LogP contribution >= 0.6 is 0 Å². The Labute approximate surface area is 128 Å². The van der Waals surface area contributed by atoms with Gasteiger partial charge in [0.25, 0.3) is 0 Å². The number of rotatable bonds is 3. The highest BCUT2D eigenvalue weighted by atomic mass is 16.5. The summed E-state index contributed by atoms with van der Waals surface area (Å²) >= 11 is 0. The number of benzene rings is 1. The molecule has 1 aromatic carbocycles. The predicted molar refractivity (Wildman–Crippen MR) is 86.4 cm³/mol. The van der Waals surface area contributed by atoms with Crippen molar-refractivity contribution in [1.82, 2.24) is 10.2 Å². The lowest BCUT2D eigenvalue weighted by Gasteiger charge is -2.47. The van der Waals surface area contributed by atoms with Gasteiger partial charge >= 0.3 is 0 Å². The number of nitrogens with zero attached hydrogens (tertiary/aromatic N) is 1. The molecule has 0 spiro atoms. The Hall–Kier alpha value is -0.900. The zero-order chi connectivity index (χ0) is 14.7. The van der Waals surface area contributed by atoms with Crippen LogP contribution in [0.25, 0.3) is 0 Å². The van der Waals surface area contributed by atoms with E-state index >= 15 is 0 Å². The molecule has 0 bridgehead atoms. The Bertz CT molecular complexity index is 444. The van der Waals surface area contributed by atoms with Gasteiger partial charge in [0.15, 0.2) is 0 Å². The van der Waals surface area contributed by atoms with Crippen molar-refractivity contribution in [3.63, 3.8) is 0 Å². The van der Waals surface area contributed by atoms with Crippen molar-refractivity contribution in [2.24, 2.45) is 5.92 Å². The Morgan fingerprint density at radius 3 is 2.67 bits per heavy atom. The molecule has 21 heavy (non-hydrogen) atoms. The fraction of sp³-hybridized carbons (Fsp3) is 0.667. The van der Waals surface area contributed by atoms with E-state index in [1.54, 1.807) is 0 Å². The average Bonchev–Trinajstić information content (AvgIpc) is 2.53. The third-order valence-corrected chi connectivity index (χ3v) is 5.17. The van der Waals surface area contributed by atoms with Gasteiger partial charge in [0.05, 0.1) is 5.54 Å². The van der Waals surface area contributed by atoms with Gasteiger partial charge < -0.3 is 10.1 Å². The molecule has 2 aliphatic heterocycles. The Kier molecular flexibility index (Phi) is 4.63. The fourth-order valence-electron chi connectivity index (χ4n) is 3.62. The second-order valence-corrected chi connectivity index (χ2v) is 6.91. The first-order valence-electron chi connectivity index (χ1n) is 8.30. The van der Waals surface area contributed by atoms with Gasteiger partial charge in [-0.25, -0.2) is 0 Å². The molecule has 3 nitrogen and oxygen atoms in total. The minimum absolute atomic E-state index is 0.0684. The Morgan fingerprint density at radius 2 is 1.95 bits per heavy atom. The summed E-state index contributed by atoms with van der Waals surface area (Å²) in [6.07, 6.45) is 2.44. The van der Waals surface area contributed by atoms with Gasteiger partial charge in [-0.05, 0) is 38.2 Å². The van der Waals surface area contributed by atoms with Crippen LogP contribution in [0, 0.1) is 5.92 Å². The quantitative estimate of drug-likeness (QED) is 0.925. The molecular formula is C18H28N2O. The molecule has 0 radical (unpaired) electrons. The lowest BCUT2D eigenvalue weighted by molar-refractivity contribution is 0.0272. The molecule has 0 aromatic heterocycles. The van der Waals surface area contributed by atoms with Crippen LogP contribution in [0.4, 0.5) is 0 Å². The zero-order valence-corrected chi connectivity index (χ0v) is 13.3. The third-order valence-electron chi connectivity index (χ3n) is 5.17. The molecule has 2 fully saturated rings. The van der Waals surface area contributed by atoms with Crippen molar-refractivity contribution >= 4 is 0 Å². The highest BCUT2D eigenvalue weighted by molar-refractivity contribution is 5.25. The Morgan fingerprint density at radius 1 is 1.24 bits per heavy atom. The van der Waals surface area contributed by atoms with E-state index in [-0.39, 0.29) is 5.54 Å². The van der Waals surface area contributed by atoms with E-state index in [1.165, 1.54) is 24.9 Å². The van der Waals surface area contributed by atoms with Gasteiger partial charge in [-0.1, -0.05) is 30.3 Å². The molecule has 2 saturated heterocycles. The summed E-state index contributed by atoms with van der Waals surface area (Å²) in [7, 11) is 0. The summed E-state index contributed by atoms with van der Waals surface area (Å²) in [5.41, 5.74) is 1.47. The fourth-order valence-corrected chi connectivity index (χ4v) is 3.62. The van der Waals surface area contributed by atoms with Gasteiger partial charge in [-0.2, -0.15) is 0 Å². The van der Waals surface area contributed by atoms with Gasteiger partial charge in [-0.15, -0.1) is 0 Å². The highest BCUT2D eigenvalue weighted by Gasteiger charge is 2.36. The highest BCUT2D eigenvalue weighted by Crippen LogP contribution is 2.28. The van der Waals surface area contributed by atoms with Gasteiger partial charge in [-0.3, -0.25) is 4.90 Å². The molecule has 2 heterocycles. The largest absolute Gasteiger partial charge is 0.381 e. The maximum absolute atomic E-state index is 5.50. The van der Waals surface area contributed by atoms with E-state index in [0.29, 0.717) is 6.04 Å². The molecular weight excluding hydrogens is 260 g/mol. The second-order valence-electron chi connectivity index (χ2n) is 6.91. The lowest BCUT2D eigenvalue weighted by Crippen LogP contribution is -2.61. The first-order valence-corrected chi connectivity index (χ1v) is 8.30. The van der Waals surface area contributed by atoms with E-state index in [0.717, 1.165) is 32.2 Å². The molecule has 1 aromatic rings. The van der Waals surface area contributed by atoms with E-state index in [4.69, 9.17) is 4.74 Å². The summed E-state index contributed by atoms with van der Waals surface area (Å²) < 4.78 is 5.50. The van der Waals surface area contributed by atoms with E-state index in [2.05, 4.69) is 54.4 Å². The van der Waals surface area contributed by atoms with Crippen molar-refractivity contribution in [2.75, 3.05) is 32.8 Å². The van der Waals surface area contributed by atoms with Crippen LogP contribution < -0.4 is 5.32 Å². The second kappa shape index (κ2) is 6.47. The first-order chi connectivity index (χ1) is 10.2. The number of piperazine rings is 1. The minimum Gasteiger partial charge on any atom is -0.381 e. The summed E-state index contributed by atoms with van der Waals surface area (Å²) in [5.74, 6) is 0.805. The average molecular weight is 288 g/mol. The van der Waals surface area contributed by atoms with Crippen LogP contribution in [0.1, 0.15) is 32.3 Å². The number of nitrogens with one attached hydrogen (secondary N) is 1. The van der Waals surface area contributed by atoms with Crippen LogP contribution in [-0.2, 0) is 10.3 Å². The molecule has 116 valence electrons. The van der Waals surface area contributed by atoms with Crippen molar-refractivity contribution < 1.29 is 4.74 Å². The summed E-state index contributed by atoms with van der Waals surface area (Å²) in [4.78, 5) is 2.68. The minimum atomic E-state index is 0.0684. The molecule has 2 aliphatic rings. The first kappa shape index (κ1) is 15.0. The van der Waals surface area contributed by atoms with Crippen LogP contribution in [0.3, 0.4) is 0 Å². The van der Waals surface area contributed by atoms with Crippen LogP contribution in [0.2, 0.25) is 0 Å². The summed E-state index contributed by atoms with van der Waals surface area (Å²) in [6, 6.07) is 11.5. The van der Waals surface area contributed by atoms with Crippen molar-refractivity contribution in [1.29, 1.82) is 0 Å². The number of hydrogen-bond donors (Lipinski definition) is 1. The zero-order valence-electron chi connectivity index (χ0n) is 13.3.